The Balaban J connectivity index is 2.10. The fourth-order valence-corrected chi connectivity index (χ4v) is 1.23. The van der Waals surface area contributed by atoms with Gasteiger partial charge in [-0.2, -0.15) is 0 Å². The Morgan fingerprint density at radius 1 is 1.36 bits per heavy atom. The van der Waals surface area contributed by atoms with Crippen LogP contribution in [0.2, 0.25) is 0 Å². The van der Waals surface area contributed by atoms with Crippen LogP contribution < -0.4 is 4.74 Å². The van der Waals surface area contributed by atoms with Gasteiger partial charge in [-0.15, -0.1) is 0 Å². The summed E-state index contributed by atoms with van der Waals surface area (Å²) in [7, 11) is 0. The van der Waals surface area contributed by atoms with Gasteiger partial charge in [0.1, 0.15) is 11.4 Å². The molecule has 1 aromatic rings. The SMILES string of the molecule is CC1(Oc2ccc(C(=O)O)cc2)CC1. The van der Waals surface area contributed by atoms with Crippen LogP contribution in [-0.2, 0) is 0 Å². The van der Waals surface area contributed by atoms with Crippen LogP contribution in [0.1, 0.15) is 30.1 Å². The van der Waals surface area contributed by atoms with Gasteiger partial charge in [-0.1, -0.05) is 0 Å². The molecule has 1 N–H and O–H groups in total. The lowest BCUT2D eigenvalue weighted by Crippen LogP contribution is -2.11. The van der Waals surface area contributed by atoms with Crippen molar-refractivity contribution in [2.45, 2.75) is 25.4 Å². The Kier molecular flexibility index (Phi) is 1.95. The molecule has 0 unspecified atom stereocenters. The van der Waals surface area contributed by atoms with Crippen LogP contribution >= 0.6 is 0 Å². The first-order valence-electron chi connectivity index (χ1n) is 4.61. The maximum Gasteiger partial charge on any atom is 0.335 e. The molecule has 1 aliphatic carbocycles. The molecule has 0 aliphatic heterocycles. The molecular weight excluding hydrogens is 180 g/mol. The maximum atomic E-state index is 10.6. The van der Waals surface area contributed by atoms with Gasteiger partial charge in [0.05, 0.1) is 5.56 Å². The van der Waals surface area contributed by atoms with Crippen LogP contribution in [0.5, 0.6) is 5.75 Å². The Morgan fingerprint density at radius 3 is 2.36 bits per heavy atom. The number of benzene rings is 1. The highest BCUT2D eigenvalue weighted by molar-refractivity contribution is 5.87. The van der Waals surface area contributed by atoms with Crippen molar-refractivity contribution in [3.8, 4) is 5.75 Å². The molecule has 1 fully saturated rings. The van der Waals surface area contributed by atoms with E-state index in [9.17, 15) is 4.79 Å². The number of hydrogen-bond acceptors (Lipinski definition) is 2. The van der Waals surface area contributed by atoms with E-state index < -0.39 is 5.97 Å². The smallest absolute Gasteiger partial charge is 0.335 e. The monoisotopic (exact) mass is 192 g/mol. The van der Waals surface area contributed by atoms with Crippen LogP contribution in [0.4, 0.5) is 0 Å². The van der Waals surface area contributed by atoms with Crippen LogP contribution in [0.15, 0.2) is 24.3 Å². The van der Waals surface area contributed by atoms with E-state index in [1.165, 1.54) is 0 Å². The molecule has 1 saturated carbocycles. The summed E-state index contributed by atoms with van der Waals surface area (Å²) >= 11 is 0. The van der Waals surface area contributed by atoms with Gasteiger partial charge in [0.25, 0.3) is 0 Å². The summed E-state index contributed by atoms with van der Waals surface area (Å²) in [6.45, 7) is 2.05. The quantitative estimate of drug-likeness (QED) is 0.799. The predicted octanol–water partition coefficient (Wildman–Crippen LogP) is 2.32. The molecule has 0 heterocycles. The molecule has 0 atom stereocenters. The van der Waals surface area contributed by atoms with Crippen LogP contribution in [0.3, 0.4) is 0 Å². The Morgan fingerprint density at radius 2 is 1.93 bits per heavy atom. The van der Waals surface area contributed by atoms with Gasteiger partial charge < -0.3 is 9.84 Å². The lowest BCUT2D eigenvalue weighted by molar-refractivity contribution is 0.0697. The summed E-state index contributed by atoms with van der Waals surface area (Å²) in [5.74, 6) is -0.163. The van der Waals surface area contributed by atoms with E-state index in [2.05, 4.69) is 6.92 Å². The second-order valence-corrected chi connectivity index (χ2v) is 3.88. The van der Waals surface area contributed by atoms with Gasteiger partial charge in [-0.25, -0.2) is 4.79 Å². The fraction of sp³-hybridized carbons (Fsp3) is 0.364. The molecule has 0 saturated heterocycles. The lowest BCUT2D eigenvalue weighted by Gasteiger charge is -2.12. The van der Waals surface area contributed by atoms with E-state index in [1.807, 2.05) is 0 Å². The standard InChI is InChI=1S/C11H12O3/c1-11(6-7-11)14-9-4-2-8(3-5-9)10(12)13/h2-5H,6-7H2,1H3,(H,12,13). The number of carbonyl (C=O) groups is 1. The number of ether oxygens (including phenoxy) is 1. The average molecular weight is 192 g/mol. The average Bonchev–Trinajstić information content (AvgIpc) is 2.84. The third-order valence-electron chi connectivity index (χ3n) is 2.42. The van der Waals surface area contributed by atoms with Gasteiger partial charge in [-0.05, 0) is 44.0 Å². The summed E-state index contributed by atoms with van der Waals surface area (Å²) < 4.78 is 5.65. The molecule has 2 rings (SSSR count). The minimum Gasteiger partial charge on any atom is -0.488 e. The maximum absolute atomic E-state index is 10.6. The zero-order chi connectivity index (χ0) is 10.2. The van der Waals surface area contributed by atoms with Gasteiger partial charge in [-0.3, -0.25) is 0 Å². The molecule has 0 amide bonds. The Bertz CT molecular complexity index is 349. The Hall–Kier alpha value is -1.51. The van der Waals surface area contributed by atoms with Crippen LogP contribution in [0, 0.1) is 0 Å². The van der Waals surface area contributed by atoms with Crippen molar-refractivity contribution in [3.63, 3.8) is 0 Å². The zero-order valence-corrected chi connectivity index (χ0v) is 7.99. The van der Waals surface area contributed by atoms with Crippen LogP contribution in [0.25, 0.3) is 0 Å². The molecule has 0 bridgehead atoms. The summed E-state index contributed by atoms with van der Waals surface area (Å²) in [6.07, 6.45) is 2.15. The minimum atomic E-state index is -0.908. The molecule has 14 heavy (non-hydrogen) atoms. The molecule has 0 aromatic heterocycles. The first-order valence-corrected chi connectivity index (χ1v) is 4.61. The molecule has 3 heteroatoms. The van der Waals surface area contributed by atoms with Crippen molar-refractivity contribution in [2.24, 2.45) is 0 Å². The van der Waals surface area contributed by atoms with Crippen molar-refractivity contribution >= 4 is 5.97 Å². The fourth-order valence-electron chi connectivity index (χ4n) is 1.23. The van der Waals surface area contributed by atoms with E-state index in [1.54, 1.807) is 24.3 Å². The normalized spacial score (nSPS) is 17.5. The van der Waals surface area contributed by atoms with E-state index in [4.69, 9.17) is 9.84 Å². The number of hydrogen-bond donors (Lipinski definition) is 1. The van der Waals surface area contributed by atoms with Crippen molar-refractivity contribution in [2.75, 3.05) is 0 Å². The van der Waals surface area contributed by atoms with Gasteiger partial charge in [0, 0.05) is 0 Å². The van der Waals surface area contributed by atoms with Gasteiger partial charge in [0.2, 0.25) is 0 Å². The zero-order valence-electron chi connectivity index (χ0n) is 7.99. The molecule has 3 nitrogen and oxygen atoms in total. The lowest BCUT2D eigenvalue weighted by atomic mass is 10.2. The molecule has 74 valence electrons. The molecule has 1 aromatic carbocycles. The number of aromatic carboxylic acids is 1. The largest absolute Gasteiger partial charge is 0.488 e. The molecular formula is C11H12O3. The van der Waals surface area contributed by atoms with E-state index in [0.717, 1.165) is 18.6 Å². The van der Waals surface area contributed by atoms with Crippen molar-refractivity contribution in [1.29, 1.82) is 0 Å². The van der Waals surface area contributed by atoms with Crippen molar-refractivity contribution in [3.05, 3.63) is 29.8 Å². The molecule has 0 spiro atoms. The van der Waals surface area contributed by atoms with Gasteiger partial charge >= 0.3 is 5.97 Å². The highest BCUT2D eigenvalue weighted by Crippen LogP contribution is 2.39. The summed E-state index contributed by atoms with van der Waals surface area (Å²) in [6, 6.07) is 6.52. The first-order chi connectivity index (χ1) is 6.59. The Labute approximate surface area is 82.3 Å². The first kappa shape index (κ1) is 9.06. The van der Waals surface area contributed by atoms with Crippen molar-refractivity contribution < 1.29 is 14.6 Å². The predicted molar refractivity (Wildman–Crippen MR) is 51.7 cm³/mol. The minimum absolute atomic E-state index is 0.00919. The number of carboxylic acid groups (broad SMARTS) is 1. The number of rotatable bonds is 3. The summed E-state index contributed by atoms with van der Waals surface area (Å²) in [4.78, 5) is 10.6. The third kappa shape index (κ3) is 1.87. The second kappa shape index (κ2) is 3.01. The highest BCUT2D eigenvalue weighted by Gasteiger charge is 2.39. The van der Waals surface area contributed by atoms with E-state index in [0.29, 0.717) is 5.56 Å². The number of carboxylic acids is 1. The molecule has 0 radical (unpaired) electrons. The van der Waals surface area contributed by atoms with E-state index >= 15 is 0 Å². The third-order valence-corrected chi connectivity index (χ3v) is 2.42. The second-order valence-electron chi connectivity index (χ2n) is 3.88. The summed E-state index contributed by atoms with van der Waals surface area (Å²) in [5, 5.41) is 8.68. The summed E-state index contributed by atoms with van der Waals surface area (Å²) in [5.41, 5.74) is 0.281. The highest BCUT2D eigenvalue weighted by atomic mass is 16.5. The molecule has 1 aliphatic rings. The van der Waals surface area contributed by atoms with E-state index in [-0.39, 0.29) is 5.60 Å². The van der Waals surface area contributed by atoms with Crippen LogP contribution in [-0.4, -0.2) is 16.7 Å². The van der Waals surface area contributed by atoms with Gasteiger partial charge in [0.15, 0.2) is 0 Å². The van der Waals surface area contributed by atoms with Crippen molar-refractivity contribution in [1.82, 2.24) is 0 Å². The topological polar surface area (TPSA) is 46.5 Å².